The average Bonchev–Trinajstić information content (AvgIpc) is 2.46. The van der Waals surface area contributed by atoms with Crippen LogP contribution in [0.2, 0.25) is 0 Å². The Morgan fingerprint density at radius 3 is 2.29 bits per heavy atom. The molecular formula is C15H10Br2O4. The lowest BCUT2D eigenvalue weighted by Gasteiger charge is -2.08. The number of carbonyl (C=O) groups is 2. The predicted octanol–water partition coefficient (Wildman–Crippen LogP) is 4.30. The van der Waals surface area contributed by atoms with Gasteiger partial charge in [0.15, 0.2) is 11.5 Å². The smallest absolute Gasteiger partial charge is 0.289 e. The minimum absolute atomic E-state index is 0.164. The zero-order valence-electron chi connectivity index (χ0n) is 10.9. The first kappa shape index (κ1) is 15.7. The van der Waals surface area contributed by atoms with Gasteiger partial charge >= 0.3 is 5.97 Å². The van der Waals surface area contributed by atoms with E-state index < -0.39 is 5.97 Å². The van der Waals surface area contributed by atoms with E-state index in [0.29, 0.717) is 15.6 Å². The number of hydrogen-bond acceptors (Lipinski definition) is 4. The van der Waals surface area contributed by atoms with Gasteiger partial charge in [0.05, 0.1) is 4.47 Å². The Bertz CT molecular complexity index is 681. The van der Waals surface area contributed by atoms with Gasteiger partial charge in [-0.1, -0.05) is 22.0 Å². The highest BCUT2D eigenvalue weighted by molar-refractivity contribution is 9.10. The first-order chi connectivity index (χ1) is 9.99. The first-order valence-electron chi connectivity index (χ1n) is 5.93. The summed E-state index contributed by atoms with van der Waals surface area (Å²) >= 11 is 6.62. The summed E-state index contributed by atoms with van der Waals surface area (Å²) in [6, 6.07) is 11.9. The molecule has 0 aliphatic heterocycles. The molecule has 0 unspecified atom stereocenters. The Hall–Kier alpha value is -1.66. The first-order valence-corrected chi connectivity index (χ1v) is 7.51. The second kappa shape index (κ2) is 6.87. The van der Waals surface area contributed by atoms with Crippen LogP contribution in [0.3, 0.4) is 0 Å². The summed E-state index contributed by atoms with van der Waals surface area (Å²) in [5.74, 6) is -0.484. The van der Waals surface area contributed by atoms with E-state index in [-0.39, 0.29) is 11.5 Å². The molecule has 2 rings (SSSR count). The highest BCUT2D eigenvalue weighted by Crippen LogP contribution is 2.30. The monoisotopic (exact) mass is 412 g/mol. The van der Waals surface area contributed by atoms with Crippen molar-refractivity contribution in [3.05, 3.63) is 62.5 Å². The van der Waals surface area contributed by atoms with E-state index in [0.717, 1.165) is 4.47 Å². The van der Waals surface area contributed by atoms with Gasteiger partial charge in [0, 0.05) is 22.5 Å². The average molecular weight is 414 g/mol. The summed E-state index contributed by atoms with van der Waals surface area (Å²) in [6.45, 7) is 1.23. The third-order valence-electron chi connectivity index (χ3n) is 2.56. The van der Waals surface area contributed by atoms with Gasteiger partial charge < -0.3 is 0 Å². The summed E-state index contributed by atoms with van der Waals surface area (Å²) < 4.78 is 1.32. The third kappa shape index (κ3) is 3.92. The molecule has 0 aliphatic rings. The lowest BCUT2D eigenvalue weighted by molar-refractivity contribution is -0.211. The van der Waals surface area contributed by atoms with Crippen LogP contribution in [-0.4, -0.2) is 11.8 Å². The highest BCUT2D eigenvalue weighted by atomic mass is 79.9. The van der Waals surface area contributed by atoms with Crippen molar-refractivity contribution in [2.24, 2.45) is 0 Å². The molecule has 21 heavy (non-hydrogen) atoms. The fraction of sp³-hybridized carbons (Fsp3) is 0.0667. The van der Waals surface area contributed by atoms with Crippen molar-refractivity contribution in [2.75, 3.05) is 0 Å². The lowest BCUT2D eigenvalue weighted by atomic mass is 10.0. The molecule has 0 aliphatic carbocycles. The van der Waals surface area contributed by atoms with Crippen molar-refractivity contribution < 1.29 is 19.4 Å². The predicted molar refractivity (Wildman–Crippen MR) is 84.1 cm³/mol. The molecule has 0 heterocycles. The number of halogens is 2. The standard InChI is InChI=1S/C15H10Br2O4/c1-9(18)20-21-13-4-2-3-12(14(13)17)15(19)10-5-7-11(16)8-6-10/h2-8H,1H3. The Balaban J connectivity index is 2.31. The fourth-order valence-corrected chi connectivity index (χ4v) is 2.39. The summed E-state index contributed by atoms with van der Waals surface area (Å²) in [4.78, 5) is 32.6. The molecule has 0 amide bonds. The van der Waals surface area contributed by atoms with E-state index in [1.165, 1.54) is 6.92 Å². The van der Waals surface area contributed by atoms with Crippen LogP contribution in [-0.2, 0) is 9.68 Å². The maximum atomic E-state index is 12.5. The summed E-state index contributed by atoms with van der Waals surface area (Å²) in [5, 5.41) is 0. The summed E-state index contributed by atoms with van der Waals surface area (Å²) in [7, 11) is 0. The van der Waals surface area contributed by atoms with E-state index in [1.807, 2.05) is 0 Å². The number of carbonyl (C=O) groups excluding carboxylic acids is 2. The molecule has 0 aromatic heterocycles. The van der Waals surface area contributed by atoms with Crippen LogP contribution in [0.5, 0.6) is 5.75 Å². The van der Waals surface area contributed by atoms with Crippen molar-refractivity contribution in [3.63, 3.8) is 0 Å². The maximum absolute atomic E-state index is 12.5. The minimum atomic E-state index is -0.577. The van der Waals surface area contributed by atoms with Crippen LogP contribution in [0.4, 0.5) is 0 Å². The molecule has 0 saturated heterocycles. The molecule has 2 aromatic rings. The Morgan fingerprint density at radius 2 is 1.67 bits per heavy atom. The maximum Gasteiger partial charge on any atom is 0.352 e. The molecule has 0 atom stereocenters. The summed E-state index contributed by atoms with van der Waals surface area (Å²) in [6.07, 6.45) is 0. The number of benzene rings is 2. The third-order valence-corrected chi connectivity index (χ3v) is 3.91. The van der Waals surface area contributed by atoms with E-state index >= 15 is 0 Å². The van der Waals surface area contributed by atoms with Crippen LogP contribution in [0.15, 0.2) is 51.4 Å². The van der Waals surface area contributed by atoms with Crippen molar-refractivity contribution in [1.82, 2.24) is 0 Å². The molecule has 0 saturated carbocycles. The van der Waals surface area contributed by atoms with E-state index in [2.05, 4.69) is 36.7 Å². The van der Waals surface area contributed by atoms with Crippen LogP contribution in [0, 0.1) is 0 Å². The van der Waals surface area contributed by atoms with E-state index in [9.17, 15) is 9.59 Å². The van der Waals surface area contributed by atoms with Gasteiger partial charge in [-0.2, -0.15) is 0 Å². The normalized spacial score (nSPS) is 10.0. The molecule has 0 N–H and O–H groups in total. The number of ketones is 1. The number of hydrogen-bond donors (Lipinski definition) is 0. The SMILES string of the molecule is CC(=O)OOc1cccc(C(=O)c2ccc(Br)cc2)c1Br. The van der Waals surface area contributed by atoms with Gasteiger partial charge in [0.25, 0.3) is 0 Å². The minimum Gasteiger partial charge on any atom is -0.289 e. The molecule has 0 bridgehead atoms. The molecule has 4 nitrogen and oxygen atoms in total. The quantitative estimate of drug-likeness (QED) is 0.426. The Kier molecular flexibility index (Phi) is 5.14. The van der Waals surface area contributed by atoms with Crippen molar-refractivity contribution in [1.29, 1.82) is 0 Å². The second-order valence-electron chi connectivity index (χ2n) is 4.11. The molecule has 0 fully saturated rings. The van der Waals surface area contributed by atoms with Gasteiger partial charge in [-0.05, 0) is 52.3 Å². The van der Waals surface area contributed by atoms with Crippen molar-refractivity contribution in [3.8, 4) is 5.75 Å². The fourth-order valence-electron chi connectivity index (χ4n) is 1.61. The Morgan fingerprint density at radius 1 is 1.00 bits per heavy atom. The number of rotatable bonds is 4. The Labute approximate surface area is 138 Å². The summed E-state index contributed by atoms with van der Waals surface area (Å²) in [5.41, 5.74) is 0.963. The van der Waals surface area contributed by atoms with Gasteiger partial charge in [-0.15, -0.1) is 0 Å². The van der Waals surface area contributed by atoms with Crippen molar-refractivity contribution in [2.45, 2.75) is 6.92 Å². The van der Waals surface area contributed by atoms with Crippen LogP contribution < -0.4 is 4.89 Å². The highest BCUT2D eigenvalue weighted by Gasteiger charge is 2.16. The zero-order valence-corrected chi connectivity index (χ0v) is 14.1. The molecule has 2 aromatic carbocycles. The van der Waals surface area contributed by atoms with Crippen molar-refractivity contribution >= 4 is 43.6 Å². The zero-order chi connectivity index (χ0) is 15.4. The molecular weight excluding hydrogens is 404 g/mol. The molecule has 6 heteroatoms. The molecule has 108 valence electrons. The van der Waals surface area contributed by atoms with E-state index in [4.69, 9.17) is 4.89 Å². The second-order valence-corrected chi connectivity index (χ2v) is 5.82. The van der Waals surface area contributed by atoms with Crippen LogP contribution >= 0.6 is 31.9 Å². The van der Waals surface area contributed by atoms with Gasteiger partial charge in [0.1, 0.15) is 0 Å². The van der Waals surface area contributed by atoms with Gasteiger partial charge in [-0.3, -0.25) is 14.6 Å². The molecule has 0 spiro atoms. The lowest BCUT2D eigenvalue weighted by Crippen LogP contribution is -2.06. The largest absolute Gasteiger partial charge is 0.352 e. The van der Waals surface area contributed by atoms with Gasteiger partial charge in [0.2, 0.25) is 0 Å². The topological polar surface area (TPSA) is 52.6 Å². The van der Waals surface area contributed by atoms with E-state index in [1.54, 1.807) is 42.5 Å². The van der Waals surface area contributed by atoms with Gasteiger partial charge in [-0.25, -0.2) is 4.79 Å². The van der Waals surface area contributed by atoms with Crippen LogP contribution in [0.1, 0.15) is 22.8 Å². The molecule has 0 radical (unpaired) electrons. The van der Waals surface area contributed by atoms with Crippen LogP contribution in [0.25, 0.3) is 0 Å².